The maximum atomic E-state index is 10.2. The van der Waals surface area contributed by atoms with E-state index in [9.17, 15) is 4.79 Å². The van der Waals surface area contributed by atoms with E-state index in [1.807, 2.05) is 0 Å². The highest BCUT2D eigenvalue weighted by Crippen LogP contribution is 1.88. The summed E-state index contributed by atoms with van der Waals surface area (Å²) >= 11 is 0. The predicted octanol–water partition coefficient (Wildman–Crippen LogP) is -0.406. The normalized spacial score (nSPS) is 8.89. The van der Waals surface area contributed by atoms with Gasteiger partial charge < -0.3 is 5.11 Å². The molecular weight excluding hydrogens is 120 g/mol. The maximum Gasteiger partial charge on any atom is 0.341 e. The average Bonchev–Trinajstić information content (AvgIpc) is 1.90. The number of hydrogen-bond donors (Lipinski definition) is 1. The molecule has 0 unspecified atom stereocenters. The van der Waals surface area contributed by atoms with Gasteiger partial charge in [0.1, 0.15) is 5.56 Å². The number of aromatic carboxylic acids is 1. The number of H-pyrrole nitrogens is 1. The van der Waals surface area contributed by atoms with Gasteiger partial charge in [-0.1, -0.05) is 0 Å². The van der Waals surface area contributed by atoms with Gasteiger partial charge in [-0.2, -0.15) is 0 Å². The number of rotatable bonds is 1. The van der Waals surface area contributed by atoms with E-state index in [0.717, 1.165) is 0 Å². The lowest BCUT2D eigenvalue weighted by atomic mass is 10.3. The molecule has 9 heavy (non-hydrogen) atoms. The van der Waals surface area contributed by atoms with E-state index in [2.05, 4.69) is 10.2 Å². The van der Waals surface area contributed by atoms with Gasteiger partial charge in [-0.3, -0.25) is 0 Å². The molecule has 0 saturated carbocycles. The Kier molecular flexibility index (Phi) is 1.40. The largest absolute Gasteiger partial charge is 0.477 e. The maximum absolute atomic E-state index is 10.2. The molecule has 0 fully saturated rings. The second kappa shape index (κ2) is 2.21. The van der Waals surface area contributed by atoms with Crippen molar-refractivity contribution in [3.63, 3.8) is 0 Å². The summed E-state index contributed by atoms with van der Waals surface area (Å²) in [4.78, 5) is 10.2. The monoisotopic (exact) mass is 125 g/mol. The minimum absolute atomic E-state index is 0.213. The van der Waals surface area contributed by atoms with Crippen LogP contribution in [0, 0.1) is 0 Å². The van der Waals surface area contributed by atoms with Gasteiger partial charge >= 0.3 is 5.97 Å². The molecular formula is C5H5N2O2+. The molecule has 0 aliphatic rings. The Labute approximate surface area is 51.2 Å². The summed E-state index contributed by atoms with van der Waals surface area (Å²) in [7, 11) is 0. The molecule has 1 aromatic heterocycles. The van der Waals surface area contributed by atoms with Crippen LogP contribution < -0.4 is 5.10 Å². The lowest BCUT2D eigenvalue weighted by Crippen LogP contribution is -2.10. The van der Waals surface area contributed by atoms with Crippen molar-refractivity contribution < 1.29 is 15.0 Å². The standard InChI is InChI=1S/C5H4N2O2/c8-5(9)4-1-2-6-7-3-4/h1-3H,(H,8,9)/p+1. The third-order valence-electron chi connectivity index (χ3n) is 0.870. The van der Waals surface area contributed by atoms with Gasteiger partial charge in [0, 0.05) is 0 Å². The number of nitrogens with zero attached hydrogens (tertiary/aromatic N) is 1. The van der Waals surface area contributed by atoms with Crippen LogP contribution in [0.1, 0.15) is 10.4 Å². The van der Waals surface area contributed by atoms with Crippen LogP contribution in [0.5, 0.6) is 0 Å². The highest BCUT2D eigenvalue weighted by Gasteiger charge is 2.02. The van der Waals surface area contributed by atoms with E-state index >= 15 is 0 Å². The minimum Gasteiger partial charge on any atom is -0.477 e. The number of nitrogens with one attached hydrogen (secondary N) is 1. The fourth-order valence-electron chi connectivity index (χ4n) is 0.449. The third-order valence-corrected chi connectivity index (χ3v) is 0.870. The first-order chi connectivity index (χ1) is 4.30. The van der Waals surface area contributed by atoms with E-state index < -0.39 is 5.97 Å². The van der Waals surface area contributed by atoms with E-state index in [4.69, 9.17) is 5.11 Å². The molecule has 0 saturated heterocycles. The van der Waals surface area contributed by atoms with Gasteiger partial charge in [0.2, 0.25) is 6.20 Å². The quantitative estimate of drug-likeness (QED) is 0.555. The fraction of sp³-hybridized carbons (Fsp3) is 0. The molecule has 0 aliphatic carbocycles. The first kappa shape index (κ1) is 5.68. The fourth-order valence-corrected chi connectivity index (χ4v) is 0.449. The molecule has 0 aliphatic heterocycles. The Morgan fingerprint density at radius 1 is 1.78 bits per heavy atom. The molecule has 46 valence electrons. The second-order valence-electron chi connectivity index (χ2n) is 1.48. The van der Waals surface area contributed by atoms with Gasteiger partial charge in [0.15, 0.2) is 0 Å². The van der Waals surface area contributed by atoms with Crippen LogP contribution in [-0.4, -0.2) is 16.2 Å². The van der Waals surface area contributed by atoms with Crippen molar-refractivity contribution in [1.82, 2.24) is 5.10 Å². The lowest BCUT2D eigenvalue weighted by Gasteiger charge is -1.82. The first-order valence-corrected chi connectivity index (χ1v) is 2.36. The van der Waals surface area contributed by atoms with Crippen molar-refractivity contribution in [2.75, 3.05) is 0 Å². The molecule has 0 amide bonds. The summed E-state index contributed by atoms with van der Waals surface area (Å²) in [5, 5.41) is 14.3. The molecule has 1 heterocycles. The lowest BCUT2D eigenvalue weighted by molar-refractivity contribution is -0.455. The molecule has 2 N–H and O–H groups in total. The third kappa shape index (κ3) is 1.22. The van der Waals surface area contributed by atoms with Crippen LogP contribution in [0.2, 0.25) is 0 Å². The minimum atomic E-state index is -0.950. The van der Waals surface area contributed by atoms with Crippen molar-refractivity contribution in [2.24, 2.45) is 0 Å². The van der Waals surface area contributed by atoms with Crippen molar-refractivity contribution in [3.8, 4) is 0 Å². The summed E-state index contributed by atoms with van der Waals surface area (Å²) in [6.07, 6.45) is 2.71. The van der Waals surface area contributed by atoms with Gasteiger partial charge in [0.05, 0.1) is 6.20 Å². The van der Waals surface area contributed by atoms with E-state index in [1.165, 1.54) is 18.5 Å². The molecule has 1 aromatic rings. The Bertz CT molecular complexity index is 209. The number of aromatic nitrogens is 2. The zero-order valence-electron chi connectivity index (χ0n) is 4.53. The van der Waals surface area contributed by atoms with Gasteiger partial charge in [-0.05, 0) is 11.2 Å². The average molecular weight is 125 g/mol. The zero-order valence-corrected chi connectivity index (χ0v) is 4.53. The van der Waals surface area contributed by atoms with Gasteiger partial charge in [-0.15, -0.1) is 5.10 Å². The number of carboxylic acids is 1. The molecule has 4 nitrogen and oxygen atoms in total. The van der Waals surface area contributed by atoms with Crippen LogP contribution in [-0.2, 0) is 0 Å². The molecule has 0 atom stereocenters. The van der Waals surface area contributed by atoms with Crippen molar-refractivity contribution in [2.45, 2.75) is 0 Å². The summed E-state index contributed by atoms with van der Waals surface area (Å²) < 4.78 is 0. The van der Waals surface area contributed by atoms with Gasteiger partial charge in [-0.25, -0.2) is 4.79 Å². The van der Waals surface area contributed by atoms with E-state index in [1.54, 1.807) is 0 Å². The SMILES string of the molecule is O=C(O)c1ccn[nH+]c1. The number of carboxylic acid groups (broad SMARTS) is 1. The van der Waals surface area contributed by atoms with Gasteiger partial charge in [0.25, 0.3) is 0 Å². The highest BCUT2D eigenvalue weighted by molar-refractivity contribution is 5.86. The zero-order chi connectivity index (χ0) is 6.69. The first-order valence-electron chi connectivity index (χ1n) is 2.36. The van der Waals surface area contributed by atoms with Crippen molar-refractivity contribution in [3.05, 3.63) is 24.0 Å². The Morgan fingerprint density at radius 2 is 2.56 bits per heavy atom. The highest BCUT2D eigenvalue weighted by atomic mass is 16.4. The van der Waals surface area contributed by atoms with E-state index in [0.29, 0.717) is 0 Å². The topological polar surface area (TPSA) is 64.3 Å². The molecule has 1 rings (SSSR count). The molecule has 0 radical (unpaired) electrons. The number of carbonyl (C=O) groups is 1. The Balaban J connectivity index is 2.98. The molecule has 0 aromatic carbocycles. The van der Waals surface area contributed by atoms with Crippen molar-refractivity contribution in [1.29, 1.82) is 0 Å². The smallest absolute Gasteiger partial charge is 0.341 e. The molecule has 0 spiro atoms. The summed E-state index contributed by atoms with van der Waals surface area (Å²) in [5.74, 6) is -0.950. The molecule has 4 heteroatoms. The van der Waals surface area contributed by atoms with Crippen LogP contribution in [0.3, 0.4) is 0 Å². The Hall–Kier alpha value is -1.45. The predicted molar refractivity (Wildman–Crippen MR) is 27.8 cm³/mol. The van der Waals surface area contributed by atoms with Crippen LogP contribution in [0.4, 0.5) is 0 Å². The van der Waals surface area contributed by atoms with Crippen LogP contribution in [0.25, 0.3) is 0 Å². The Morgan fingerprint density at radius 3 is 2.89 bits per heavy atom. The number of hydrogen-bond acceptors (Lipinski definition) is 2. The summed E-state index contributed by atoms with van der Waals surface area (Å²) in [6.45, 7) is 0. The van der Waals surface area contributed by atoms with Crippen LogP contribution in [0.15, 0.2) is 18.5 Å². The molecule has 0 bridgehead atoms. The summed E-state index contributed by atoms with van der Waals surface area (Å²) in [5.41, 5.74) is 0.213. The van der Waals surface area contributed by atoms with Crippen molar-refractivity contribution >= 4 is 5.97 Å². The summed E-state index contributed by atoms with van der Waals surface area (Å²) in [6, 6.07) is 1.42. The number of aromatic amines is 1. The van der Waals surface area contributed by atoms with Crippen LogP contribution >= 0.6 is 0 Å². The second-order valence-corrected chi connectivity index (χ2v) is 1.48. The van der Waals surface area contributed by atoms with E-state index in [-0.39, 0.29) is 5.56 Å².